The number of rotatable bonds is 6. The number of hydrogen-bond donors (Lipinski definition) is 0. The van der Waals surface area contributed by atoms with Gasteiger partial charge in [0.05, 0.1) is 19.3 Å². The first-order chi connectivity index (χ1) is 8.81. The maximum atomic E-state index is 12.5. The van der Waals surface area contributed by atoms with E-state index in [1.54, 1.807) is 0 Å². The summed E-state index contributed by atoms with van der Waals surface area (Å²) in [5.74, 6) is 0.191. The van der Waals surface area contributed by atoms with Gasteiger partial charge in [0.25, 0.3) is 0 Å². The number of morpholine rings is 1. The van der Waals surface area contributed by atoms with Crippen molar-refractivity contribution in [3.05, 3.63) is 0 Å². The predicted molar refractivity (Wildman–Crippen MR) is 69.7 cm³/mol. The van der Waals surface area contributed by atoms with Crippen molar-refractivity contribution < 1.29 is 17.9 Å². The third kappa shape index (κ3) is 6.79. The molecule has 7 heteroatoms. The van der Waals surface area contributed by atoms with Gasteiger partial charge in [-0.2, -0.15) is 13.2 Å². The molecule has 0 amide bonds. The summed E-state index contributed by atoms with van der Waals surface area (Å²) < 4.78 is 42.9. The molecule has 1 aliphatic rings. The van der Waals surface area contributed by atoms with Gasteiger partial charge in [0, 0.05) is 38.1 Å². The van der Waals surface area contributed by atoms with Gasteiger partial charge in [-0.15, -0.1) is 11.6 Å². The molecule has 1 atom stereocenters. The van der Waals surface area contributed by atoms with E-state index in [1.165, 1.54) is 4.90 Å². The fraction of sp³-hybridized carbons (Fsp3) is 1.00. The zero-order valence-electron chi connectivity index (χ0n) is 11.4. The molecule has 0 radical (unpaired) electrons. The maximum Gasteiger partial charge on any atom is 0.401 e. The minimum Gasteiger partial charge on any atom is -0.374 e. The summed E-state index contributed by atoms with van der Waals surface area (Å²) >= 11 is 5.56. The fourth-order valence-corrected chi connectivity index (χ4v) is 2.46. The van der Waals surface area contributed by atoms with Crippen LogP contribution in [-0.4, -0.2) is 73.3 Å². The van der Waals surface area contributed by atoms with Gasteiger partial charge in [0.2, 0.25) is 0 Å². The zero-order valence-corrected chi connectivity index (χ0v) is 12.2. The van der Waals surface area contributed by atoms with Crippen molar-refractivity contribution in [2.75, 3.05) is 45.2 Å². The van der Waals surface area contributed by atoms with Crippen LogP contribution < -0.4 is 0 Å². The average molecular weight is 303 g/mol. The van der Waals surface area contributed by atoms with Gasteiger partial charge in [-0.3, -0.25) is 9.80 Å². The Kier molecular flexibility index (Phi) is 6.86. The van der Waals surface area contributed by atoms with E-state index in [0.717, 1.165) is 6.54 Å². The Morgan fingerprint density at radius 1 is 1.42 bits per heavy atom. The van der Waals surface area contributed by atoms with E-state index in [0.29, 0.717) is 19.2 Å². The number of nitrogens with zero attached hydrogens (tertiary/aromatic N) is 2. The van der Waals surface area contributed by atoms with E-state index in [4.69, 9.17) is 16.3 Å². The number of halogens is 4. The molecular formula is C12H22ClF3N2O. The van der Waals surface area contributed by atoms with Crippen LogP contribution in [0.25, 0.3) is 0 Å². The Hall–Kier alpha value is -0.0400. The molecule has 19 heavy (non-hydrogen) atoms. The predicted octanol–water partition coefficient (Wildman–Crippen LogP) is 2.20. The topological polar surface area (TPSA) is 15.7 Å². The second kappa shape index (κ2) is 7.67. The summed E-state index contributed by atoms with van der Waals surface area (Å²) in [7, 11) is 0. The summed E-state index contributed by atoms with van der Waals surface area (Å²) in [5.41, 5.74) is 0. The summed E-state index contributed by atoms with van der Waals surface area (Å²) in [6.07, 6.45) is -4.37. The quantitative estimate of drug-likeness (QED) is 0.700. The number of hydrogen-bond acceptors (Lipinski definition) is 3. The van der Waals surface area contributed by atoms with Gasteiger partial charge in [0.1, 0.15) is 0 Å². The second-order valence-electron chi connectivity index (χ2n) is 5.12. The number of alkyl halides is 4. The van der Waals surface area contributed by atoms with Crippen LogP contribution in [0.15, 0.2) is 0 Å². The van der Waals surface area contributed by atoms with Gasteiger partial charge in [-0.05, 0) is 13.8 Å². The second-order valence-corrected chi connectivity index (χ2v) is 5.50. The van der Waals surface area contributed by atoms with Crippen molar-refractivity contribution >= 4 is 11.6 Å². The molecule has 0 saturated carbocycles. The summed E-state index contributed by atoms with van der Waals surface area (Å²) in [4.78, 5) is 3.54. The lowest BCUT2D eigenvalue weighted by molar-refractivity contribution is -0.151. The lowest BCUT2D eigenvalue weighted by Gasteiger charge is -2.37. The number of ether oxygens (including phenoxy) is 1. The van der Waals surface area contributed by atoms with Crippen LogP contribution in [0, 0.1) is 0 Å². The van der Waals surface area contributed by atoms with Crippen molar-refractivity contribution in [1.82, 2.24) is 9.80 Å². The first-order valence-corrected chi connectivity index (χ1v) is 7.06. The van der Waals surface area contributed by atoms with Gasteiger partial charge in [-0.1, -0.05) is 0 Å². The molecule has 1 rings (SSSR count). The molecule has 3 nitrogen and oxygen atoms in total. The van der Waals surface area contributed by atoms with Crippen LogP contribution in [0.5, 0.6) is 0 Å². The molecule has 0 bridgehead atoms. The molecule has 1 heterocycles. The van der Waals surface area contributed by atoms with Crippen LogP contribution in [0.2, 0.25) is 0 Å². The lowest BCUT2D eigenvalue weighted by atomic mass is 10.2. The van der Waals surface area contributed by atoms with E-state index < -0.39 is 12.7 Å². The molecule has 0 aliphatic carbocycles. The Bertz CT molecular complexity index is 264. The normalized spacial score (nSPS) is 22.4. The molecule has 1 aliphatic heterocycles. The van der Waals surface area contributed by atoms with Crippen molar-refractivity contribution in [3.8, 4) is 0 Å². The van der Waals surface area contributed by atoms with E-state index in [9.17, 15) is 13.2 Å². The molecule has 0 spiro atoms. The highest BCUT2D eigenvalue weighted by molar-refractivity contribution is 6.18. The van der Waals surface area contributed by atoms with E-state index in [1.807, 2.05) is 0 Å². The maximum absolute atomic E-state index is 12.5. The highest BCUT2D eigenvalue weighted by Crippen LogP contribution is 2.18. The molecule has 0 aromatic rings. The molecule has 1 fully saturated rings. The fourth-order valence-electron chi connectivity index (χ4n) is 2.22. The third-order valence-corrected chi connectivity index (χ3v) is 3.33. The van der Waals surface area contributed by atoms with Crippen LogP contribution in [0.4, 0.5) is 13.2 Å². The molecule has 0 N–H and O–H groups in total. The van der Waals surface area contributed by atoms with Crippen LogP contribution in [0.3, 0.4) is 0 Å². The monoisotopic (exact) mass is 302 g/mol. The van der Waals surface area contributed by atoms with E-state index in [2.05, 4.69) is 18.7 Å². The van der Waals surface area contributed by atoms with Crippen molar-refractivity contribution in [2.24, 2.45) is 0 Å². The van der Waals surface area contributed by atoms with Gasteiger partial charge in [-0.25, -0.2) is 0 Å². The smallest absolute Gasteiger partial charge is 0.374 e. The molecule has 114 valence electrons. The zero-order chi connectivity index (χ0) is 14.5. The summed E-state index contributed by atoms with van der Waals surface area (Å²) in [6.45, 7) is 5.81. The highest BCUT2D eigenvalue weighted by Gasteiger charge is 2.32. The minimum atomic E-state index is -4.20. The van der Waals surface area contributed by atoms with Gasteiger partial charge < -0.3 is 4.74 Å². The molecule has 0 aromatic heterocycles. The third-order valence-electron chi connectivity index (χ3n) is 3.17. The van der Waals surface area contributed by atoms with Crippen molar-refractivity contribution in [2.45, 2.75) is 32.2 Å². The Balaban J connectivity index is 2.48. The molecule has 0 aromatic carbocycles. The SMILES string of the molecule is CC(C)N1CCOC(CN(CCCl)CC(F)(F)F)C1. The summed E-state index contributed by atoms with van der Waals surface area (Å²) in [5, 5.41) is 0. The first-order valence-electron chi connectivity index (χ1n) is 6.52. The molecular weight excluding hydrogens is 281 g/mol. The van der Waals surface area contributed by atoms with E-state index in [-0.39, 0.29) is 25.1 Å². The van der Waals surface area contributed by atoms with E-state index >= 15 is 0 Å². The van der Waals surface area contributed by atoms with Crippen LogP contribution in [0.1, 0.15) is 13.8 Å². The van der Waals surface area contributed by atoms with Gasteiger partial charge >= 0.3 is 6.18 Å². The molecule has 1 unspecified atom stereocenters. The Morgan fingerprint density at radius 2 is 2.11 bits per heavy atom. The lowest BCUT2D eigenvalue weighted by Crippen LogP contribution is -2.51. The first kappa shape index (κ1) is 17.0. The Labute approximate surface area is 117 Å². The largest absolute Gasteiger partial charge is 0.401 e. The van der Waals surface area contributed by atoms with Crippen molar-refractivity contribution in [3.63, 3.8) is 0 Å². The standard InChI is InChI=1S/C12H22ClF3N2O/c1-10(2)18-5-6-19-11(8-18)7-17(4-3-13)9-12(14,15)16/h10-11H,3-9H2,1-2H3. The Morgan fingerprint density at radius 3 is 2.63 bits per heavy atom. The summed E-state index contributed by atoms with van der Waals surface area (Å²) in [6, 6.07) is 0.385. The highest BCUT2D eigenvalue weighted by atomic mass is 35.5. The van der Waals surface area contributed by atoms with Gasteiger partial charge in [0.15, 0.2) is 0 Å². The average Bonchev–Trinajstić information content (AvgIpc) is 2.27. The minimum absolute atomic E-state index is 0.179. The van der Waals surface area contributed by atoms with Crippen LogP contribution in [-0.2, 0) is 4.74 Å². The molecule has 1 saturated heterocycles. The van der Waals surface area contributed by atoms with Crippen LogP contribution >= 0.6 is 11.6 Å². The van der Waals surface area contributed by atoms with Crippen molar-refractivity contribution in [1.29, 1.82) is 0 Å².